The lowest BCUT2D eigenvalue weighted by molar-refractivity contribution is 0.250. The molecule has 0 rings (SSSR count). The third-order valence-corrected chi connectivity index (χ3v) is 1.39. The van der Waals surface area contributed by atoms with E-state index in [-0.39, 0.29) is 12.6 Å². The Balaban J connectivity index is 0. The van der Waals surface area contributed by atoms with E-state index >= 15 is 0 Å². The summed E-state index contributed by atoms with van der Waals surface area (Å²) in [5, 5.41) is 12.1. The Bertz CT molecular complexity index is 186. The van der Waals surface area contributed by atoms with E-state index in [1.807, 2.05) is 13.8 Å². The molecular weight excluding hydrogens is 184 g/mol. The molecule has 9 heteroatoms. The van der Waals surface area contributed by atoms with Crippen LogP contribution in [-0.4, -0.2) is 54.4 Å². The van der Waals surface area contributed by atoms with Gasteiger partial charge in [0.2, 0.25) is 0 Å². The molecule has 0 aromatic carbocycles. The third-order valence-electron chi connectivity index (χ3n) is 1.39. The van der Waals surface area contributed by atoms with Crippen molar-refractivity contribution in [3.63, 3.8) is 0 Å². The van der Waals surface area contributed by atoms with Crippen LogP contribution in [0.25, 0.3) is 10.4 Å². The van der Waals surface area contributed by atoms with Gasteiger partial charge in [-0.2, -0.15) is 0 Å². The molecule has 15 heavy (non-hydrogen) atoms. The Morgan fingerprint density at radius 1 is 1.53 bits per heavy atom. The first-order valence-corrected chi connectivity index (χ1v) is 4.69. The van der Waals surface area contributed by atoms with E-state index in [1.54, 1.807) is 0 Å². The van der Waals surface area contributed by atoms with Gasteiger partial charge in [-0.15, -0.1) is 0 Å². The first-order valence-electron chi connectivity index (χ1n) is 4.69. The van der Waals surface area contributed by atoms with Crippen LogP contribution in [0.5, 0.6) is 0 Å². The lowest BCUT2D eigenvalue weighted by Gasteiger charge is -2.08. The van der Waals surface area contributed by atoms with Gasteiger partial charge in [-0.1, -0.05) is 19.0 Å². The van der Waals surface area contributed by atoms with Crippen LogP contribution >= 0.6 is 0 Å². The zero-order valence-corrected chi connectivity index (χ0v) is 9.24. The number of rotatable bonds is 5. The van der Waals surface area contributed by atoms with Gasteiger partial charge < -0.3 is 5.11 Å². The highest BCUT2D eigenvalue weighted by Gasteiger charge is 2.05. The molecular formula is C6H13B5N3O. The van der Waals surface area contributed by atoms with Crippen LogP contribution in [-0.2, 0) is 0 Å². The summed E-state index contributed by atoms with van der Waals surface area (Å²) < 4.78 is 0. The van der Waals surface area contributed by atoms with E-state index < -0.39 is 6.39 Å². The van der Waals surface area contributed by atoms with Gasteiger partial charge in [0.1, 0.15) is 0 Å². The summed E-state index contributed by atoms with van der Waals surface area (Å²) in [6.07, 6.45) is 0.288. The Morgan fingerprint density at radius 3 is 2.20 bits per heavy atom. The van der Waals surface area contributed by atoms with Gasteiger partial charge >= 0.3 is 0 Å². The topological polar surface area (TPSA) is 69.0 Å². The number of nitrogens with zero attached hydrogens (tertiary/aromatic N) is 3. The SMILES string of the molecule is CC(C)C[C@H](CO)N=[N+]=[N-].[B][B]B([B])[B]. The molecule has 0 bridgehead atoms. The standard InChI is InChI=1S/C6H13N3O.B5/c1-5(2)3-6(4-10)8-9-7;1-4-5(2)3/h5-6,10H,3-4H2,1-2H3;/t6-;/m1./s1. The van der Waals surface area contributed by atoms with E-state index in [1.165, 1.54) is 7.06 Å². The summed E-state index contributed by atoms with van der Waals surface area (Å²) in [5.41, 5.74) is 8.03. The van der Waals surface area contributed by atoms with E-state index in [2.05, 4.69) is 10.0 Å². The second kappa shape index (κ2) is 11.7. The summed E-state index contributed by atoms with van der Waals surface area (Å²) in [6.45, 7) is 3.99. The van der Waals surface area contributed by atoms with Gasteiger partial charge in [-0.3, -0.25) is 0 Å². The maximum atomic E-state index is 8.64. The highest BCUT2D eigenvalue weighted by atomic mass is 16.3. The summed E-state index contributed by atoms with van der Waals surface area (Å²) in [6, 6.07) is -0.245. The van der Waals surface area contributed by atoms with E-state index in [9.17, 15) is 0 Å². The minimum absolute atomic E-state index is 0.0533. The predicted molar refractivity (Wildman–Crippen MR) is 68.2 cm³/mol. The summed E-state index contributed by atoms with van der Waals surface area (Å²) >= 11 is 0. The van der Waals surface area contributed by atoms with E-state index in [0.717, 1.165) is 6.42 Å². The minimum atomic E-state index is -0.463. The second-order valence-corrected chi connectivity index (χ2v) is 3.44. The quantitative estimate of drug-likeness (QED) is 0.282. The molecule has 0 spiro atoms. The Kier molecular flexibility index (Phi) is 13.2. The molecule has 0 saturated heterocycles. The normalized spacial score (nSPS) is 10.7. The van der Waals surface area contributed by atoms with Gasteiger partial charge in [0.25, 0.3) is 0 Å². The van der Waals surface area contributed by atoms with Crippen LogP contribution in [0.4, 0.5) is 0 Å². The molecule has 73 valence electrons. The van der Waals surface area contributed by atoms with Crippen molar-refractivity contribution in [2.24, 2.45) is 11.0 Å². The molecule has 0 fully saturated rings. The lowest BCUT2D eigenvalue weighted by atomic mass is 8.97. The fraction of sp³-hybridized carbons (Fsp3) is 1.00. The summed E-state index contributed by atoms with van der Waals surface area (Å²) in [4.78, 5) is 2.62. The molecule has 4 nitrogen and oxygen atoms in total. The van der Waals surface area contributed by atoms with Crippen molar-refractivity contribution in [2.45, 2.75) is 26.3 Å². The van der Waals surface area contributed by atoms with Crippen LogP contribution in [0, 0.1) is 5.92 Å². The Hall–Kier alpha value is -0.405. The first-order chi connectivity index (χ1) is 6.97. The van der Waals surface area contributed by atoms with Crippen molar-refractivity contribution in [1.82, 2.24) is 0 Å². The lowest BCUT2D eigenvalue weighted by Crippen LogP contribution is -2.23. The maximum absolute atomic E-state index is 8.64. The zero-order valence-electron chi connectivity index (χ0n) is 9.24. The van der Waals surface area contributed by atoms with Gasteiger partial charge in [0.15, 0.2) is 0 Å². The van der Waals surface area contributed by atoms with Crippen LogP contribution < -0.4 is 0 Å². The first kappa shape index (κ1) is 17.0. The zero-order chi connectivity index (χ0) is 12.3. The van der Waals surface area contributed by atoms with Crippen LogP contribution in [0.3, 0.4) is 0 Å². The minimum Gasteiger partial charge on any atom is -0.396 e. The average Bonchev–Trinajstić information content (AvgIpc) is 2.17. The fourth-order valence-electron chi connectivity index (χ4n) is 0.775. The summed E-state index contributed by atoms with van der Waals surface area (Å²) in [7, 11) is 15.8. The van der Waals surface area contributed by atoms with Gasteiger partial charge in [0.05, 0.1) is 12.6 Å². The Labute approximate surface area is 96.7 Å². The molecule has 0 aliphatic heterocycles. The molecule has 0 unspecified atom stereocenters. The molecule has 0 aromatic heterocycles. The van der Waals surface area contributed by atoms with Crippen LogP contribution in [0.15, 0.2) is 5.11 Å². The predicted octanol–water partition coefficient (Wildman–Crippen LogP) is -0.200. The Morgan fingerprint density at radius 2 is 2.00 bits per heavy atom. The molecule has 1 atom stereocenters. The van der Waals surface area contributed by atoms with Crippen molar-refractivity contribution >= 4 is 36.7 Å². The van der Waals surface area contributed by atoms with E-state index in [4.69, 9.17) is 33.8 Å². The second-order valence-electron chi connectivity index (χ2n) is 3.44. The number of aliphatic hydroxyl groups excluding tert-OH is 1. The maximum Gasteiger partial charge on any atom is 0.0607 e. The van der Waals surface area contributed by atoms with Crippen molar-refractivity contribution < 1.29 is 5.11 Å². The molecule has 0 heterocycles. The van der Waals surface area contributed by atoms with Crippen LogP contribution in [0.1, 0.15) is 20.3 Å². The smallest absolute Gasteiger partial charge is 0.0607 e. The average molecular weight is 197 g/mol. The molecule has 0 aromatic rings. The molecule has 7 radical (unpaired) electrons. The molecule has 0 saturated carbocycles. The molecule has 0 aliphatic rings. The van der Waals surface area contributed by atoms with Gasteiger partial charge in [0, 0.05) is 41.6 Å². The number of hydrogen-bond acceptors (Lipinski definition) is 2. The molecule has 0 aliphatic carbocycles. The van der Waals surface area contributed by atoms with Crippen molar-refractivity contribution in [2.75, 3.05) is 6.61 Å². The highest BCUT2D eigenvalue weighted by Crippen LogP contribution is 2.07. The van der Waals surface area contributed by atoms with E-state index in [0.29, 0.717) is 5.92 Å². The molecule has 0 amide bonds. The van der Waals surface area contributed by atoms with Gasteiger partial charge in [-0.05, 0) is 17.9 Å². The van der Waals surface area contributed by atoms with Crippen LogP contribution in [0.2, 0.25) is 0 Å². The number of azide groups is 1. The van der Waals surface area contributed by atoms with Gasteiger partial charge in [-0.25, -0.2) is 0 Å². The van der Waals surface area contributed by atoms with Crippen molar-refractivity contribution in [3.8, 4) is 0 Å². The monoisotopic (exact) mass is 198 g/mol. The number of hydrogen-bond donors (Lipinski definition) is 1. The van der Waals surface area contributed by atoms with Crippen molar-refractivity contribution in [1.29, 1.82) is 0 Å². The third kappa shape index (κ3) is 16.3. The highest BCUT2D eigenvalue weighted by molar-refractivity contribution is 7.60. The molecule has 1 N–H and O–H groups in total. The fourth-order valence-corrected chi connectivity index (χ4v) is 0.775. The largest absolute Gasteiger partial charge is 0.396 e. The van der Waals surface area contributed by atoms with Crippen molar-refractivity contribution in [3.05, 3.63) is 10.4 Å². The summed E-state index contributed by atoms with van der Waals surface area (Å²) in [5.74, 6) is 0.461. The number of aliphatic hydroxyl groups is 1.